The fourth-order valence-electron chi connectivity index (χ4n) is 1.91. The number of benzene rings is 1. The summed E-state index contributed by atoms with van der Waals surface area (Å²) in [6, 6.07) is 7.99. The van der Waals surface area contributed by atoms with Crippen molar-refractivity contribution in [3.63, 3.8) is 0 Å². The number of ether oxygens (including phenoxy) is 2. The van der Waals surface area contributed by atoms with Gasteiger partial charge in [0.25, 0.3) is 0 Å². The average Bonchev–Trinajstić information content (AvgIpc) is 3.03. The Morgan fingerprint density at radius 2 is 1.78 bits per heavy atom. The summed E-state index contributed by atoms with van der Waals surface area (Å²) >= 11 is 0. The normalized spacial score (nSPS) is 10.2. The summed E-state index contributed by atoms with van der Waals surface area (Å²) in [6.07, 6.45) is 1.42. The van der Waals surface area contributed by atoms with Crippen molar-refractivity contribution in [2.24, 2.45) is 0 Å². The monoisotopic (exact) mass is 315 g/mol. The summed E-state index contributed by atoms with van der Waals surface area (Å²) in [4.78, 5) is 37.6. The molecule has 1 N–H and O–H groups in total. The predicted octanol–water partition coefficient (Wildman–Crippen LogP) is 2.66. The van der Waals surface area contributed by atoms with Crippen molar-refractivity contribution in [3.05, 3.63) is 53.3 Å². The summed E-state index contributed by atoms with van der Waals surface area (Å²) in [5.41, 5.74) is 0.946. The second-order valence-electron chi connectivity index (χ2n) is 4.81. The van der Waals surface area contributed by atoms with Crippen molar-refractivity contribution in [3.8, 4) is 5.75 Å². The molecule has 6 nitrogen and oxygen atoms in total. The first-order valence-corrected chi connectivity index (χ1v) is 7.13. The number of hydrogen-bond donors (Lipinski definition) is 1. The molecule has 0 saturated heterocycles. The van der Waals surface area contributed by atoms with E-state index < -0.39 is 5.97 Å². The number of rotatable bonds is 7. The number of carbonyl (C=O) groups excluding carboxylic acids is 3. The smallest absolute Gasteiger partial charge is 0.355 e. The number of esters is 1. The summed E-state index contributed by atoms with van der Waals surface area (Å²) < 4.78 is 10.2. The Morgan fingerprint density at radius 3 is 2.35 bits per heavy atom. The molecule has 0 saturated carbocycles. The minimum Gasteiger partial charge on any atom is -0.494 e. The molecule has 1 aromatic carbocycles. The fraction of sp³-hybridized carbons (Fsp3) is 0.235. The maximum Gasteiger partial charge on any atom is 0.355 e. The Morgan fingerprint density at radius 1 is 1.09 bits per heavy atom. The van der Waals surface area contributed by atoms with Gasteiger partial charge in [0.2, 0.25) is 0 Å². The number of aromatic nitrogens is 1. The Bertz CT molecular complexity index is 715. The van der Waals surface area contributed by atoms with Crippen LogP contribution < -0.4 is 4.74 Å². The third-order valence-electron chi connectivity index (χ3n) is 3.13. The highest BCUT2D eigenvalue weighted by atomic mass is 16.5. The third-order valence-corrected chi connectivity index (χ3v) is 3.13. The molecule has 1 aromatic heterocycles. The van der Waals surface area contributed by atoms with Crippen molar-refractivity contribution in [2.75, 3.05) is 13.2 Å². The van der Waals surface area contributed by atoms with Crippen LogP contribution in [0.4, 0.5) is 0 Å². The molecule has 0 aliphatic heterocycles. The van der Waals surface area contributed by atoms with E-state index in [-0.39, 0.29) is 23.9 Å². The zero-order chi connectivity index (χ0) is 16.8. The van der Waals surface area contributed by atoms with E-state index >= 15 is 0 Å². The number of carbonyl (C=O) groups is 3. The SMILES string of the molecule is CCOc1ccc(C(=O)COC(=O)c2cc(C(C)=O)c[nH]2)cc1. The molecule has 0 aliphatic carbocycles. The van der Waals surface area contributed by atoms with Crippen LogP contribution in [0.3, 0.4) is 0 Å². The van der Waals surface area contributed by atoms with Crippen LogP contribution in [-0.2, 0) is 4.74 Å². The zero-order valence-electron chi connectivity index (χ0n) is 12.9. The van der Waals surface area contributed by atoms with Crippen molar-refractivity contribution >= 4 is 17.5 Å². The standard InChI is InChI=1S/C17H17NO5/c1-3-22-14-6-4-12(5-7-14)16(20)10-23-17(21)15-8-13(9-18-15)11(2)19/h4-9,18H,3,10H2,1-2H3. The highest BCUT2D eigenvalue weighted by Crippen LogP contribution is 2.13. The van der Waals surface area contributed by atoms with Gasteiger partial charge in [0.1, 0.15) is 11.4 Å². The molecule has 0 fully saturated rings. The molecule has 1 heterocycles. The summed E-state index contributed by atoms with van der Waals surface area (Å²) in [6.45, 7) is 3.44. The lowest BCUT2D eigenvalue weighted by atomic mass is 10.1. The van der Waals surface area contributed by atoms with Crippen LogP contribution in [0, 0.1) is 0 Å². The molecule has 0 unspecified atom stereocenters. The molecule has 0 radical (unpaired) electrons. The minimum atomic E-state index is -0.684. The number of nitrogens with one attached hydrogen (secondary N) is 1. The Labute approximate surface area is 133 Å². The van der Waals surface area contributed by atoms with Gasteiger partial charge < -0.3 is 14.5 Å². The van der Waals surface area contributed by atoms with Gasteiger partial charge in [-0.05, 0) is 44.2 Å². The van der Waals surface area contributed by atoms with E-state index in [9.17, 15) is 14.4 Å². The zero-order valence-corrected chi connectivity index (χ0v) is 12.9. The molecular weight excluding hydrogens is 298 g/mol. The lowest BCUT2D eigenvalue weighted by Gasteiger charge is -2.05. The fourth-order valence-corrected chi connectivity index (χ4v) is 1.91. The maximum absolute atomic E-state index is 12.0. The number of Topliss-reactive ketones (excluding diaryl/α,β-unsaturated/α-hetero) is 2. The minimum absolute atomic E-state index is 0.134. The molecule has 0 aliphatic rings. The van der Waals surface area contributed by atoms with Crippen molar-refractivity contribution in [1.29, 1.82) is 0 Å². The Hall–Kier alpha value is -2.89. The van der Waals surface area contributed by atoms with Crippen LogP contribution in [0.1, 0.15) is 45.1 Å². The maximum atomic E-state index is 12.0. The van der Waals surface area contributed by atoms with Gasteiger partial charge in [0.15, 0.2) is 18.2 Å². The topological polar surface area (TPSA) is 85.5 Å². The highest BCUT2D eigenvalue weighted by molar-refractivity contribution is 6.00. The Kier molecular flexibility index (Phi) is 5.30. The second-order valence-corrected chi connectivity index (χ2v) is 4.81. The van der Waals surface area contributed by atoms with Crippen LogP contribution in [0.25, 0.3) is 0 Å². The molecule has 2 rings (SSSR count). The summed E-state index contributed by atoms with van der Waals surface area (Å²) in [7, 11) is 0. The molecule has 0 bridgehead atoms. The van der Waals surface area contributed by atoms with Crippen molar-refractivity contribution in [2.45, 2.75) is 13.8 Å². The molecule has 120 valence electrons. The van der Waals surface area contributed by atoms with E-state index in [0.717, 1.165) is 0 Å². The summed E-state index contributed by atoms with van der Waals surface area (Å²) in [5, 5.41) is 0. The van der Waals surface area contributed by atoms with Gasteiger partial charge in [-0.15, -0.1) is 0 Å². The van der Waals surface area contributed by atoms with Crippen LogP contribution in [-0.4, -0.2) is 35.7 Å². The van der Waals surface area contributed by atoms with Crippen molar-refractivity contribution < 1.29 is 23.9 Å². The molecule has 0 amide bonds. The molecule has 0 atom stereocenters. The van der Waals surface area contributed by atoms with Crippen LogP contribution in [0.15, 0.2) is 36.5 Å². The second kappa shape index (κ2) is 7.40. The summed E-state index contributed by atoms with van der Waals surface area (Å²) in [5.74, 6) is -0.494. The van der Waals surface area contributed by atoms with Gasteiger partial charge in [-0.2, -0.15) is 0 Å². The molecule has 6 heteroatoms. The van der Waals surface area contributed by atoms with E-state index in [1.54, 1.807) is 24.3 Å². The van der Waals surface area contributed by atoms with Crippen LogP contribution in [0.5, 0.6) is 5.75 Å². The first-order chi connectivity index (χ1) is 11.0. The lowest BCUT2D eigenvalue weighted by Crippen LogP contribution is -2.14. The van der Waals surface area contributed by atoms with E-state index in [0.29, 0.717) is 23.5 Å². The number of hydrogen-bond acceptors (Lipinski definition) is 5. The van der Waals surface area contributed by atoms with Crippen LogP contribution >= 0.6 is 0 Å². The largest absolute Gasteiger partial charge is 0.494 e. The molecule has 0 spiro atoms. The average molecular weight is 315 g/mol. The number of ketones is 2. The van der Waals surface area contributed by atoms with Gasteiger partial charge in [0.05, 0.1) is 6.61 Å². The van der Waals surface area contributed by atoms with Gasteiger partial charge >= 0.3 is 5.97 Å². The predicted molar refractivity (Wildman–Crippen MR) is 83.0 cm³/mol. The molecule has 23 heavy (non-hydrogen) atoms. The third kappa shape index (κ3) is 4.29. The number of H-pyrrole nitrogens is 1. The first kappa shape index (κ1) is 16.5. The quantitative estimate of drug-likeness (QED) is 0.627. The van der Waals surface area contributed by atoms with Gasteiger partial charge in [-0.1, -0.05) is 0 Å². The lowest BCUT2D eigenvalue weighted by molar-refractivity contribution is 0.0469. The van der Waals surface area contributed by atoms with Gasteiger partial charge in [0, 0.05) is 17.3 Å². The molecule has 2 aromatic rings. The van der Waals surface area contributed by atoms with E-state index in [1.165, 1.54) is 19.2 Å². The first-order valence-electron chi connectivity index (χ1n) is 7.13. The van der Waals surface area contributed by atoms with E-state index in [1.807, 2.05) is 6.92 Å². The van der Waals surface area contributed by atoms with E-state index in [2.05, 4.69) is 4.98 Å². The van der Waals surface area contributed by atoms with Gasteiger partial charge in [-0.25, -0.2) is 4.79 Å². The van der Waals surface area contributed by atoms with Gasteiger partial charge in [-0.3, -0.25) is 9.59 Å². The highest BCUT2D eigenvalue weighted by Gasteiger charge is 2.14. The molecular formula is C17H17NO5. The van der Waals surface area contributed by atoms with Crippen molar-refractivity contribution in [1.82, 2.24) is 4.98 Å². The van der Waals surface area contributed by atoms with E-state index in [4.69, 9.17) is 9.47 Å². The van der Waals surface area contributed by atoms with Crippen LogP contribution in [0.2, 0.25) is 0 Å². The number of aromatic amines is 1. The Balaban J connectivity index is 1.92.